The number of aromatic hydroxyl groups is 1. The normalized spacial score (nSPS) is 10.6. The van der Waals surface area contributed by atoms with Gasteiger partial charge in [0.05, 0.1) is 4.88 Å². The molecule has 128 valence electrons. The number of aromatic nitrogens is 1. The van der Waals surface area contributed by atoms with E-state index in [9.17, 15) is 14.7 Å². The molecule has 0 amide bonds. The van der Waals surface area contributed by atoms with Gasteiger partial charge in [-0.05, 0) is 29.8 Å². The number of benzene rings is 2. The average Bonchev–Trinajstić information content (AvgIpc) is 2.91. The first-order valence-electron chi connectivity index (χ1n) is 7.43. The maximum absolute atomic E-state index is 12.1. The van der Waals surface area contributed by atoms with Crippen molar-refractivity contribution in [1.29, 1.82) is 0 Å². The van der Waals surface area contributed by atoms with E-state index in [0.29, 0.717) is 27.6 Å². The molecule has 0 aliphatic heterocycles. The summed E-state index contributed by atoms with van der Waals surface area (Å²) in [5.74, 6) is 0.307. The number of carbonyl (C=O) groups excluding carboxylic acids is 1. The van der Waals surface area contributed by atoms with Gasteiger partial charge in [-0.2, -0.15) is 0 Å². The van der Waals surface area contributed by atoms with Crippen molar-refractivity contribution in [3.63, 3.8) is 0 Å². The Kier molecular flexibility index (Phi) is 5.21. The topological polar surface area (TPSA) is 79.4 Å². The number of Topliss-reactive ketones (excluding diaryl/α,β-unsaturated/α-hetero) is 1. The minimum absolute atomic E-state index is 0.0834. The van der Waals surface area contributed by atoms with Crippen molar-refractivity contribution in [3.8, 4) is 11.6 Å². The lowest BCUT2D eigenvalue weighted by Crippen LogP contribution is -2.11. The van der Waals surface area contributed by atoms with Gasteiger partial charge in [0.1, 0.15) is 5.75 Å². The fourth-order valence-electron chi connectivity index (χ4n) is 2.26. The SMILES string of the molecule is O=C(COc1ccc(Cc2sc(=O)[nH]c2O)cc1)c1cccc(Cl)c1. The monoisotopic (exact) mass is 375 g/mol. The summed E-state index contributed by atoms with van der Waals surface area (Å²) in [6.07, 6.45) is 0.441. The van der Waals surface area contributed by atoms with Crippen LogP contribution in [0.4, 0.5) is 0 Å². The van der Waals surface area contributed by atoms with E-state index >= 15 is 0 Å². The minimum atomic E-state index is -0.285. The lowest BCUT2D eigenvalue weighted by molar-refractivity contribution is 0.0921. The highest BCUT2D eigenvalue weighted by Gasteiger charge is 2.09. The van der Waals surface area contributed by atoms with E-state index < -0.39 is 0 Å². The summed E-state index contributed by atoms with van der Waals surface area (Å²) in [5.41, 5.74) is 1.42. The number of H-pyrrole nitrogens is 1. The van der Waals surface area contributed by atoms with E-state index in [-0.39, 0.29) is 23.1 Å². The number of ether oxygens (including phenoxy) is 1. The second kappa shape index (κ2) is 7.55. The molecule has 0 aliphatic rings. The molecule has 3 aromatic rings. The van der Waals surface area contributed by atoms with E-state index in [1.54, 1.807) is 36.4 Å². The van der Waals surface area contributed by atoms with Crippen molar-refractivity contribution in [1.82, 2.24) is 4.98 Å². The van der Waals surface area contributed by atoms with Crippen LogP contribution in [0.2, 0.25) is 5.02 Å². The lowest BCUT2D eigenvalue weighted by atomic mass is 10.1. The maximum atomic E-state index is 12.1. The number of ketones is 1. The third-order valence-corrected chi connectivity index (χ3v) is 4.61. The van der Waals surface area contributed by atoms with Gasteiger partial charge in [-0.3, -0.25) is 14.6 Å². The molecule has 0 bridgehead atoms. The molecule has 0 saturated heterocycles. The molecule has 0 radical (unpaired) electrons. The lowest BCUT2D eigenvalue weighted by Gasteiger charge is -2.07. The minimum Gasteiger partial charge on any atom is -0.494 e. The highest BCUT2D eigenvalue weighted by molar-refractivity contribution is 7.09. The Hall–Kier alpha value is -2.57. The Morgan fingerprint density at radius 3 is 2.60 bits per heavy atom. The largest absolute Gasteiger partial charge is 0.494 e. The zero-order valence-electron chi connectivity index (χ0n) is 13.0. The predicted molar refractivity (Wildman–Crippen MR) is 97.1 cm³/mol. The standard InChI is InChI=1S/C18H14ClNO4S/c19-13-3-1-2-12(9-13)15(21)10-24-14-6-4-11(5-7-14)8-16-17(22)20-18(23)25-16/h1-7,9,22H,8,10H2,(H,20,23). The van der Waals surface area contributed by atoms with Crippen LogP contribution in [0.3, 0.4) is 0 Å². The molecule has 0 saturated carbocycles. The first kappa shape index (κ1) is 17.3. The van der Waals surface area contributed by atoms with Gasteiger partial charge in [0, 0.05) is 17.0 Å². The summed E-state index contributed by atoms with van der Waals surface area (Å²) >= 11 is 6.85. The van der Waals surface area contributed by atoms with Crippen molar-refractivity contribution >= 4 is 28.7 Å². The van der Waals surface area contributed by atoms with Gasteiger partial charge in [0.15, 0.2) is 12.4 Å². The van der Waals surface area contributed by atoms with Crippen molar-refractivity contribution in [3.05, 3.63) is 79.2 Å². The van der Waals surface area contributed by atoms with E-state index in [1.165, 1.54) is 0 Å². The maximum Gasteiger partial charge on any atom is 0.307 e. The van der Waals surface area contributed by atoms with Gasteiger partial charge < -0.3 is 9.84 Å². The van der Waals surface area contributed by atoms with Crippen molar-refractivity contribution in [2.24, 2.45) is 0 Å². The number of nitrogens with one attached hydrogen (secondary N) is 1. The summed E-state index contributed by atoms with van der Waals surface area (Å²) in [6.45, 7) is -0.0834. The Labute approximate surface area is 152 Å². The van der Waals surface area contributed by atoms with Gasteiger partial charge in [-0.15, -0.1) is 0 Å². The van der Waals surface area contributed by atoms with Gasteiger partial charge in [-0.1, -0.05) is 47.2 Å². The highest BCUT2D eigenvalue weighted by Crippen LogP contribution is 2.22. The zero-order valence-corrected chi connectivity index (χ0v) is 14.6. The van der Waals surface area contributed by atoms with Crippen LogP contribution in [0.5, 0.6) is 11.6 Å². The number of hydrogen-bond acceptors (Lipinski definition) is 5. The van der Waals surface area contributed by atoms with Crippen LogP contribution in [-0.4, -0.2) is 22.5 Å². The molecule has 5 nitrogen and oxygen atoms in total. The molecule has 0 atom stereocenters. The third-order valence-electron chi connectivity index (χ3n) is 3.51. The molecule has 25 heavy (non-hydrogen) atoms. The second-order valence-electron chi connectivity index (χ2n) is 5.33. The molecule has 0 unspecified atom stereocenters. The van der Waals surface area contributed by atoms with Gasteiger partial charge >= 0.3 is 4.87 Å². The highest BCUT2D eigenvalue weighted by atomic mass is 35.5. The fourth-order valence-corrected chi connectivity index (χ4v) is 3.20. The van der Waals surface area contributed by atoms with Crippen LogP contribution in [-0.2, 0) is 6.42 Å². The summed E-state index contributed by atoms with van der Waals surface area (Å²) in [4.78, 5) is 25.9. The van der Waals surface area contributed by atoms with Crippen LogP contribution in [0.15, 0.2) is 53.3 Å². The number of aromatic amines is 1. The van der Waals surface area contributed by atoms with E-state index in [1.807, 2.05) is 12.1 Å². The smallest absolute Gasteiger partial charge is 0.307 e. The molecular formula is C18H14ClNO4S. The van der Waals surface area contributed by atoms with Crippen molar-refractivity contribution in [2.75, 3.05) is 6.61 Å². The van der Waals surface area contributed by atoms with Crippen LogP contribution >= 0.6 is 22.9 Å². The molecule has 0 spiro atoms. The Balaban J connectivity index is 1.60. The molecule has 1 heterocycles. The molecule has 2 N–H and O–H groups in total. The van der Waals surface area contributed by atoms with Crippen LogP contribution < -0.4 is 9.61 Å². The summed E-state index contributed by atoms with van der Waals surface area (Å²) < 4.78 is 5.50. The third kappa shape index (κ3) is 4.49. The van der Waals surface area contributed by atoms with E-state index in [2.05, 4.69) is 4.98 Å². The molecule has 3 rings (SSSR count). The Morgan fingerprint density at radius 1 is 1.20 bits per heavy atom. The van der Waals surface area contributed by atoms with Gasteiger partial charge in [0.25, 0.3) is 0 Å². The van der Waals surface area contributed by atoms with Gasteiger partial charge in [0.2, 0.25) is 5.88 Å². The predicted octanol–water partition coefficient (Wildman–Crippen LogP) is 3.65. The number of thiazole rings is 1. The summed E-state index contributed by atoms with van der Waals surface area (Å²) in [5, 5.41) is 10.1. The first-order chi connectivity index (χ1) is 12.0. The molecule has 0 aliphatic carbocycles. The van der Waals surface area contributed by atoms with Crippen molar-refractivity contribution in [2.45, 2.75) is 6.42 Å². The van der Waals surface area contributed by atoms with E-state index in [0.717, 1.165) is 16.9 Å². The number of halogens is 1. The van der Waals surface area contributed by atoms with E-state index in [4.69, 9.17) is 16.3 Å². The quantitative estimate of drug-likeness (QED) is 0.644. The molecule has 7 heteroatoms. The number of rotatable bonds is 6. The van der Waals surface area contributed by atoms with Crippen LogP contribution in [0.1, 0.15) is 20.8 Å². The number of carbonyl (C=O) groups is 1. The Bertz CT molecular complexity index is 946. The summed E-state index contributed by atoms with van der Waals surface area (Å²) in [7, 11) is 0. The van der Waals surface area contributed by atoms with Crippen molar-refractivity contribution < 1.29 is 14.6 Å². The number of hydrogen-bond donors (Lipinski definition) is 2. The summed E-state index contributed by atoms with van der Waals surface area (Å²) in [6, 6.07) is 13.8. The van der Waals surface area contributed by atoms with Gasteiger partial charge in [-0.25, -0.2) is 0 Å². The average molecular weight is 376 g/mol. The van der Waals surface area contributed by atoms with Crippen LogP contribution in [0, 0.1) is 0 Å². The second-order valence-corrected chi connectivity index (χ2v) is 6.83. The molecule has 2 aromatic carbocycles. The molecule has 1 aromatic heterocycles. The molecule has 0 fully saturated rings. The first-order valence-corrected chi connectivity index (χ1v) is 8.62. The fraction of sp³-hybridized carbons (Fsp3) is 0.111. The molecular weight excluding hydrogens is 362 g/mol. The van der Waals surface area contributed by atoms with Crippen LogP contribution in [0.25, 0.3) is 0 Å². The zero-order chi connectivity index (χ0) is 17.8. The Morgan fingerprint density at radius 2 is 1.96 bits per heavy atom.